The average molecular weight is 520 g/mol. The van der Waals surface area contributed by atoms with Crippen molar-refractivity contribution < 1.29 is 4.39 Å². The molecule has 0 N–H and O–H groups in total. The number of benzene rings is 6. The Labute approximate surface area is 228 Å². The first-order valence-electron chi connectivity index (χ1n) is 13.2. The normalized spacial score (nSPS) is 11.7. The molecule has 0 atom stereocenters. The van der Waals surface area contributed by atoms with Crippen molar-refractivity contribution in [1.29, 1.82) is 0 Å². The first kappa shape index (κ1) is 23.4. The maximum absolute atomic E-state index is 14.2. The number of aromatic nitrogens is 1. The van der Waals surface area contributed by atoms with E-state index in [9.17, 15) is 4.39 Å². The Bertz CT molecular complexity index is 1850. The summed E-state index contributed by atoms with van der Waals surface area (Å²) in [5.41, 5.74) is 3.50. The molecule has 0 saturated carbocycles. The maximum atomic E-state index is 14.2. The van der Waals surface area contributed by atoms with Crippen LogP contribution >= 0.6 is 0 Å². The first-order valence-corrected chi connectivity index (χ1v) is 15.2. The van der Waals surface area contributed by atoms with Crippen molar-refractivity contribution in [2.45, 2.75) is 0 Å². The third-order valence-electron chi connectivity index (χ3n) is 7.81. The van der Waals surface area contributed by atoms with Crippen LogP contribution < -0.4 is 20.7 Å². The van der Waals surface area contributed by atoms with Crippen molar-refractivity contribution in [3.8, 4) is 5.69 Å². The molecule has 1 nitrogen and oxygen atoms in total. The molecule has 186 valence electrons. The van der Waals surface area contributed by atoms with Gasteiger partial charge < -0.3 is 4.57 Å². The monoisotopic (exact) mass is 519 g/mol. The van der Waals surface area contributed by atoms with Crippen molar-refractivity contribution >= 4 is 50.6 Å². The standard InChI is InChI=1S/C36H26FNSi/c37-27-20-22-31(23-21-27)39(29-14-6-2-7-15-29,30-16-8-3-9-17-30)32-24-25-36-34(26-32)33-18-10-11-19-35(33)38(36)28-12-4-1-5-13-28/h1-26H. The highest BCUT2D eigenvalue weighted by Crippen LogP contribution is 2.31. The lowest BCUT2D eigenvalue weighted by atomic mass is 10.1. The first-order chi connectivity index (χ1) is 19.3. The van der Waals surface area contributed by atoms with Crippen molar-refractivity contribution in [1.82, 2.24) is 4.57 Å². The molecule has 6 aromatic carbocycles. The van der Waals surface area contributed by atoms with E-state index in [0.29, 0.717) is 0 Å². The largest absolute Gasteiger partial charge is 0.309 e. The quantitative estimate of drug-likeness (QED) is 0.186. The molecule has 0 unspecified atom stereocenters. The molecule has 0 aliphatic heterocycles. The van der Waals surface area contributed by atoms with Gasteiger partial charge in [-0.05, 0) is 57.1 Å². The van der Waals surface area contributed by atoms with Crippen LogP contribution in [-0.2, 0) is 0 Å². The van der Waals surface area contributed by atoms with Crippen molar-refractivity contribution in [2.24, 2.45) is 0 Å². The van der Waals surface area contributed by atoms with E-state index in [2.05, 4.69) is 138 Å². The van der Waals surface area contributed by atoms with Gasteiger partial charge in [0.15, 0.2) is 8.07 Å². The molecule has 39 heavy (non-hydrogen) atoms. The van der Waals surface area contributed by atoms with Crippen LogP contribution in [0, 0.1) is 5.82 Å². The van der Waals surface area contributed by atoms with E-state index in [1.165, 1.54) is 37.4 Å². The molecule has 7 aromatic rings. The summed E-state index contributed by atoms with van der Waals surface area (Å²) in [4.78, 5) is 0. The molecule has 0 saturated heterocycles. The Morgan fingerprint density at radius 1 is 0.410 bits per heavy atom. The molecule has 1 aromatic heterocycles. The van der Waals surface area contributed by atoms with Gasteiger partial charge in [0.05, 0.1) is 11.0 Å². The Balaban J connectivity index is 1.61. The minimum absolute atomic E-state index is 0.218. The molecule has 0 aliphatic carbocycles. The molecule has 0 aliphatic rings. The van der Waals surface area contributed by atoms with Crippen molar-refractivity contribution in [2.75, 3.05) is 0 Å². The Morgan fingerprint density at radius 2 is 0.897 bits per heavy atom. The fourth-order valence-corrected chi connectivity index (χ4v) is 10.9. The topological polar surface area (TPSA) is 4.93 Å². The number of rotatable bonds is 5. The molecule has 0 bridgehead atoms. The van der Waals surface area contributed by atoms with Gasteiger partial charge in [-0.25, -0.2) is 4.39 Å². The summed E-state index contributed by atoms with van der Waals surface area (Å²) in [5.74, 6) is -0.218. The third kappa shape index (κ3) is 3.74. The highest BCUT2D eigenvalue weighted by molar-refractivity contribution is 7.20. The van der Waals surface area contributed by atoms with Gasteiger partial charge in [-0.3, -0.25) is 0 Å². The van der Waals surface area contributed by atoms with Crippen LogP contribution in [0.25, 0.3) is 27.5 Å². The number of para-hydroxylation sites is 2. The van der Waals surface area contributed by atoms with Crippen molar-refractivity contribution in [3.05, 3.63) is 164 Å². The van der Waals surface area contributed by atoms with Crippen LogP contribution in [-0.4, -0.2) is 12.6 Å². The summed E-state index contributed by atoms with van der Waals surface area (Å²) in [5, 5.41) is 7.42. The lowest BCUT2D eigenvalue weighted by Gasteiger charge is -2.34. The van der Waals surface area contributed by atoms with Gasteiger partial charge in [0, 0.05) is 16.5 Å². The number of hydrogen-bond acceptors (Lipinski definition) is 0. The summed E-state index contributed by atoms with van der Waals surface area (Å²) in [6.45, 7) is 0. The molecule has 0 fully saturated rings. The fraction of sp³-hybridized carbons (Fsp3) is 0. The minimum atomic E-state index is -2.77. The van der Waals surface area contributed by atoms with Crippen LogP contribution in [0.1, 0.15) is 0 Å². The summed E-state index contributed by atoms with van der Waals surface area (Å²) in [7, 11) is -2.77. The van der Waals surface area contributed by atoms with Crippen molar-refractivity contribution in [3.63, 3.8) is 0 Å². The van der Waals surface area contributed by atoms with E-state index < -0.39 is 8.07 Å². The lowest BCUT2D eigenvalue weighted by molar-refractivity contribution is 0.628. The Morgan fingerprint density at radius 3 is 1.54 bits per heavy atom. The average Bonchev–Trinajstić information content (AvgIpc) is 3.34. The molecular formula is C36H26FNSi. The summed E-state index contributed by atoms with van der Waals surface area (Å²) in [6, 6.07) is 54.8. The maximum Gasteiger partial charge on any atom is 0.179 e. The van der Waals surface area contributed by atoms with E-state index in [0.717, 1.165) is 10.9 Å². The second-order valence-corrected chi connectivity index (χ2v) is 13.7. The van der Waals surface area contributed by atoms with E-state index in [-0.39, 0.29) is 5.82 Å². The molecule has 0 spiro atoms. The summed E-state index contributed by atoms with van der Waals surface area (Å²) in [6.07, 6.45) is 0. The van der Waals surface area contributed by atoms with Crippen LogP contribution in [0.15, 0.2) is 158 Å². The summed E-state index contributed by atoms with van der Waals surface area (Å²) >= 11 is 0. The number of fused-ring (bicyclic) bond motifs is 3. The minimum Gasteiger partial charge on any atom is -0.309 e. The van der Waals surface area contributed by atoms with Gasteiger partial charge in [-0.2, -0.15) is 0 Å². The SMILES string of the molecule is Fc1ccc([Si](c2ccccc2)(c2ccccc2)c2ccc3c(c2)c2ccccc2n3-c2ccccc2)cc1. The van der Waals surface area contributed by atoms with Gasteiger partial charge in [0.2, 0.25) is 0 Å². The van der Waals surface area contributed by atoms with Crippen LogP contribution in [0.2, 0.25) is 0 Å². The third-order valence-corrected chi connectivity index (χ3v) is 12.6. The second kappa shape index (κ2) is 9.54. The molecule has 7 rings (SSSR count). The highest BCUT2D eigenvalue weighted by Gasteiger charge is 2.41. The fourth-order valence-electron chi connectivity index (χ4n) is 6.14. The Kier molecular flexibility index (Phi) is 5.72. The number of halogens is 1. The Hall–Kier alpha value is -4.73. The van der Waals surface area contributed by atoms with Gasteiger partial charge in [0.1, 0.15) is 5.82 Å². The van der Waals surface area contributed by atoms with Crippen LogP contribution in [0.4, 0.5) is 4.39 Å². The zero-order valence-corrected chi connectivity index (χ0v) is 22.3. The van der Waals surface area contributed by atoms with E-state index in [4.69, 9.17) is 0 Å². The molecule has 1 heterocycles. The highest BCUT2D eigenvalue weighted by atomic mass is 28.3. The van der Waals surface area contributed by atoms with E-state index in [1.807, 2.05) is 12.1 Å². The molecule has 0 amide bonds. The molecule has 3 heteroatoms. The lowest BCUT2D eigenvalue weighted by Crippen LogP contribution is -2.74. The predicted molar refractivity (Wildman–Crippen MR) is 164 cm³/mol. The zero-order chi connectivity index (χ0) is 26.2. The molecule has 0 radical (unpaired) electrons. The number of hydrogen-bond donors (Lipinski definition) is 0. The van der Waals surface area contributed by atoms with E-state index in [1.54, 1.807) is 12.1 Å². The molecular weight excluding hydrogens is 493 g/mol. The van der Waals surface area contributed by atoms with Gasteiger partial charge >= 0.3 is 0 Å². The smallest absolute Gasteiger partial charge is 0.179 e. The number of nitrogens with zero attached hydrogens (tertiary/aromatic N) is 1. The van der Waals surface area contributed by atoms with Gasteiger partial charge in [-0.15, -0.1) is 0 Å². The van der Waals surface area contributed by atoms with E-state index >= 15 is 0 Å². The predicted octanol–water partition coefficient (Wildman–Crippen LogP) is 6.30. The van der Waals surface area contributed by atoms with Gasteiger partial charge in [0.25, 0.3) is 0 Å². The van der Waals surface area contributed by atoms with Crippen LogP contribution in [0.3, 0.4) is 0 Å². The zero-order valence-electron chi connectivity index (χ0n) is 21.3. The van der Waals surface area contributed by atoms with Gasteiger partial charge in [-0.1, -0.05) is 121 Å². The van der Waals surface area contributed by atoms with Crippen LogP contribution in [0.5, 0.6) is 0 Å². The summed E-state index contributed by atoms with van der Waals surface area (Å²) < 4.78 is 16.6. The second-order valence-electron chi connectivity index (χ2n) is 9.91.